The lowest BCUT2D eigenvalue weighted by atomic mass is 10.1. The van der Waals surface area contributed by atoms with Crippen LogP contribution in [-0.2, 0) is 24.5 Å². The van der Waals surface area contributed by atoms with Gasteiger partial charge in [-0.15, -0.1) is 0 Å². The topological polar surface area (TPSA) is 44.8 Å². The molecule has 0 aliphatic rings. The van der Waals surface area contributed by atoms with Gasteiger partial charge in [0, 0.05) is 13.7 Å². The van der Waals surface area contributed by atoms with Crippen molar-refractivity contribution in [2.75, 3.05) is 26.9 Å². The lowest BCUT2D eigenvalue weighted by Crippen LogP contribution is -2.12. The molecule has 20 heavy (non-hydrogen) atoms. The largest absolute Gasteiger partial charge is 0.385 e. The normalized spacial score (nSPS) is 14.3. The summed E-state index contributed by atoms with van der Waals surface area (Å²) >= 11 is -1.60. The molecule has 2 atom stereocenters. The molecule has 0 bridgehead atoms. The first-order chi connectivity index (χ1) is 9.70. The second kappa shape index (κ2) is 15.4. The van der Waals surface area contributed by atoms with E-state index < -0.39 is 11.4 Å². The van der Waals surface area contributed by atoms with Crippen molar-refractivity contribution in [2.45, 2.75) is 65.2 Å². The van der Waals surface area contributed by atoms with E-state index in [1.54, 1.807) is 7.11 Å². The van der Waals surface area contributed by atoms with Crippen LogP contribution in [0, 0.1) is 5.92 Å². The maximum absolute atomic E-state index is 11.4. The second-order valence-corrected chi connectivity index (χ2v) is 6.20. The van der Waals surface area contributed by atoms with Crippen LogP contribution >= 0.6 is 0 Å². The third-order valence-corrected chi connectivity index (χ3v) is 3.88. The van der Waals surface area contributed by atoms with Gasteiger partial charge in [-0.05, 0) is 18.8 Å². The van der Waals surface area contributed by atoms with Crippen molar-refractivity contribution in [3.63, 3.8) is 0 Å². The first-order valence-electron chi connectivity index (χ1n) is 7.88. The highest BCUT2D eigenvalue weighted by Gasteiger charge is 2.06. The molecule has 0 saturated carbocycles. The van der Waals surface area contributed by atoms with Crippen molar-refractivity contribution >= 4 is 11.4 Å². The van der Waals surface area contributed by atoms with Crippen LogP contribution in [0.5, 0.6) is 0 Å². The van der Waals surface area contributed by atoms with Crippen LogP contribution in [0.2, 0.25) is 0 Å². The maximum atomic E-state index is 11.4. The zero-order chi connectivity index (χ0) is 15.1. The van der Waals surface area contributed by atoms with Gasteiger partial charge >= 0.3 is 11.4 Å². The monoisotopic (exact) mass is 308 g/mol. The van der Waals surface area contributed by atoms with E-state index in [0.717, 1.165) is 19.3 Å². The number of hydrogen-bond acceptors (Lipinski definition) is 4. The lowest BCUT2D eigenvalue weighted by molar-refractivity contribution is 0.157. The molecule has 0 spiro atoms. The Balaban J connectivity index is 3.28. The third kappa shape index (κ3) is 14.4. The van der Waals surface area contributed by atoms with Crippen molar-refractivity contribution in [3.8, 4) is 0 Å². The van der Waals surface area contributed by atoms with E-state index in [0.29, 0.717) is 25.7 Å². The van der Waals surface area contributed by atoms with Crippen LogP contribution in [0.15, 0.2) is 0 Å². The minimum absolute atomic E-state index is 0.334. The lowest BCUT2D eigenvalue weighted by Gasteiger charge is -2.10. The summed E-state index contributed by atoms with van der Waals surface area (Å²) in [6, 6.07) is 0. The number of methoxy groups -OCH3 is 1. The van der Waals surface area contributed by atoms with Gasteiger partial charge in [0.1, 0.15) is 0 Å². The molecule has 0 radical (unpaired) electrons. The molecule has 0 aromatic rings. The molecular weight excluding hydrogens is 276 g/mol. The van der Waals surface area contributed by atoms with E-state index in [2.05, 4.69) is 6.92 Å². The van der Waals surface area contributed by atoms with Gasteiger partial charge in [-0.1, -0.05) is 52.4 Å². The Hall–Kier alpha value is 0.0300. The zero-order valence-electron chi connectivity index (χ0n) is 13.4. The highest BCUT2D eigenvalue weighted by atomic mass is 32.2. The molecule has 0 aromatic carbocycles. The average Bonchev–Trinajstić information content (AvgIpc) is 2.45. The van der Waals surface area contributed by atoms with Gasteiger partial charge in [0.25, 0.3) is 0 Å². The number of rotatable bonds is 15. The second-order valence-electron chi connectivity index (χ2n) is 5.32. The number of unbranched alkanes of at least 4 members (excludes halogenated alkanes) is 6. The van der Waals surface area contributed by atoms with Crippen LogP contribution < -0.4 is 0 Å². The minimum atomic E-state index is -1.60. The summed E-state index contributed by atoms with van der Waals surface area (Å²) in [5, 5.41) is 0. The van der Waals surface area contributed by atoms with Crippen LogP contribution in [-0.4, -0.2) is 31.1 Å². The Kier molecular flexibility index (Phi) is 15.4. The van der Waals surface area contributed by atoms with E-state index in [1.165, 1.54) is 32.1 Å². The van der Waals surface area contributed by atoms with Crippen molar-refractivity contribution in [1.29, 1.82) is 0 Å². The highest BCUT2D eigenvalue weighted by Crippen LogP contribution is 2.08. The standard InChI is InChI=1S/C15H32O4S/c1-4-5-6-7-8-9-10-12-18-20(16)19-14-15(2)11-13-17-3/h15H,4-14H2,1-3H3. The van der Waals surface area contributed by atoms with Gasteiger partial charge < -0.3 is 4.74 Å². The Morgan fingerprint density at radius 1 is 0.950 bits per heavy atom. The van der Waals surface area contributed by atoms with Crippen molar-refractivity contribution in [2.24, 2.45) is 5.92 Å². The molecule has 4 nitrogen and oxygen atoms in total. The predicted octanol–water partition coefficient (Wildman–Crippen LogP) is 4.02. The summed E-state index contributed by atoms with van der Waals surface area (Å²) in [4.78, 5) is 0. The summed E-state index contributed by atoms with van der Waals surface area (Å²) in [6.07, 6.45) is 9.48. The van der Waals surface area contributed by atoms with E-state index in [4.69, 9.17) is 13.1 Å². The first-order valence-corrected chi connectivity index (χ1v) is 8.88. The summed E-state index contributed by atoms with van der Waals surface area (Å²) < 4.78 is 26.7. The highest BCUT2D eigenvalue weighted by molar-refractivity contribution is 7.75. The van der Waals surface area contributed by atoms with E-state index in [9.17, 15) is 4.21 Å². The molecule has 0 saturated heterocycles. The Labute approximate surface area is 127 Å². The smallest absolute Gasteiger partial charge is 0.304 e. The van der Waals surface area contributed by atoms with Crippen LogP contribution in [0.3, 0.4) is 0 Å². The quantitative estimate of drug-likeness (QED) is 0.429. The summed E-state index contributed by atoms with van der Waals surface area (Å²) in [6.45, 7) is 5.95. The zero-order valence-corrected chi connectivity index (χ0v) is 14.2. The summed E-state index contributed by atoms with van der Waals surface area (Å²) in [5.41, 5.74) is 0. The Morgan fingerprint density at radius 2 is 1.60 bits per heavy atom. The summed E-state index contributed by atoms with van der Waals surface area (Å²) in [7, 11) is 1.68. The van der Waals surface area contributed by atoms with Crippen LogP contribution in [0.4, 0.5) is 0 Å². The molecule has 0 heterocycles. The minimum Gasteiger partial charge on any atom is -0.385 e. The maximum Gasteiger partial charge on any atom is 0.304 e. The number of ether oxygens (including phenoxy) is 1. The number of hydrogen-bond donors (Lipinski definition) is 0. The molecule has 0 N–H and O–H groups in total. The molecular formula is C15H32O4S. The van der Waals surface area contributed by atoms with Crippen molar-refractivity contribution in [1.82, 2.24) is 0 Å². The molecule has 122 valence electrons. The third-order valence-electron chi connectivity index (χ3n) is 3.19. The average molecular weight is 308 g/mol. The molecule has 0 rings (SSSR count). The van der Waals surface area contributed by atoms with Crippen molar-refractivity contribution in [3.05, 3.63) is 0 Å². The van der Waals surface area contributed by atoms with Gasteiger partial charge in [-0.3, -0.25) is 8.37 Å². The predicted molar refractivity (Wildman–Crippen MR) is 83.7 cm³/mol. The van der Waals surface area contributed by atoms with E-state index in [-0.39, 0.29) is 0 Å². The first kappa shape index (κ1) is 20.0. The molecule has 0 amide bonds. The van der Waals surface area contributed by atoms with E-state index in [1.807, 2.05) is 6.92 Å². The molecule has 5 heteroatoms. The summed E-state index contributed by atoms with van der Waals surface area (Å²) in [5.74, 6) is 0.334. The molecule has 2 unspecified atom stereocenters. The molecule has 0 aromatic heterocycles. The molecule has 0 aliphatic carbocycles. The molecule has 0 aliphatic heterocycles. The van der Waals surface area contributed by atoms with Gasteiger partial charge in [-0.2, -0.15) is 4.21 Å². The fourth-order valence-electron chi connectivity index (χ4n) is 1.79. The van der Waals surface area contributed by atoms with Crippen molar-refractivity contribution < 1.29 is 17.3 Å². The molecule has 0 fully saturated rings. The Morgan fingerprint density at radius 3 is 2.25 bits per heavy atom. The van der Waals surface area contributed by atoms with Gasteiger partial charge in [0.15, 0.2) is 0 Å². The fraction of sp³-hybridized carbons (Fsp3) is 1.00. The van der Waals surface area contributed by atoms with Gasteiger partial charge in [0.05, 0.1) is 13.2 Å². The fourth-order valence-corrected chi connectivity index (χ4v) is 2.46. The van der Waals surface area contributed by atoms with Gasteiger partial charge in [-0.25, -0.2) is 0 Å². The van der Waals surface area contributed by atoms with Gasteiger partial charge in [0.2, 0.25) is 0 Å². The van der Waals surface area contributed by atoms with Crippen LogP contribution in [0.25, 0.3) is 0 Å². The van der Waals surface area contributed by atoms with Crippen LogP contribution in [0.1, 0.15) is 65.2 Å². The SMILES string of the molecule is CCCCCCCCCOS(=O)OCC(C)CCOC. The van der Waals surface area contributed by atoms with E-state index >= 15 is 0 Å². The Bertz CT molecular complexity index is 224.